The van der Waals surface area contributed by atoms with E-state index in [1.165, 1.54) is 0 Å². The summed E-state index contributed by atoms with van der Waals surface area (Å²) in [4.78, 5) is 22.5. The van der Waals surface area contributed by atoms with E-state index in [1.54, 1.807) is 12.1 Å². The molecule has 4 heteroatoms. The largest absolute Gasteiger partial charge is 0.475 e. The lowest BCUT2D eigenvalue weighted by molar-refractivity contribution is 0.0663. The maximum atomic E-state index is 11.8. The average molecular weight is 232 g/mol. The first-order valence-electron chi connectivity index (χ1n) is 5.30. The highest BCUT2D eigenvalue weighted by Gasteiger charge is 2.11. The van der Waals surface area contributed by atoms with Crippen LogP contribution in [0, 0.1) is 0 Å². The summed E-state index contributed by atoms with van der Waals surface area (Å²) in [5.41, 5.74) is 0.998. The molecule has 17 heavy (non-hydrogen) atoms. The highest BCUT2D eigenvalue weighted by Crippen LogP contribution is 2.20. The minimum absolute atomic E-state index is 0.304. The molecule has 0 saturated carbocycles. The fraction of sp³-hybridized carbons (Fsp3) is 0.231. The first-order chi connectivity index (χ1) is 7.99. The van der Waals surface area contributed by atoms with Gasteiger partial charge in [0.1, 0.15) is 5.58 Å². The van der Waals surface area contributed by atoms with Crippen molar-refractivity contribution in [1.29, 1.82) is 0 Å². The highest BCUT2D eigenvalue weighted by molar-refractivity contribution is 5.87. The lowest BCUT2D eigenvalue weighted by atomic mass is 10.0. The molecule has 2 aromatic rings. The van der Waals surface area contributed by atoms with Crippen LogP contribution >= 0.6 is 0 Å². The fourth-order valence-corrected chi connectivity index (χ4v) is 1.64. The Morgan fingerprint density at radius 1 is 1.29 bits per heavy atom. The van der Waals surface area contributed by atoms with E-state index in [9.17, 15) is 9.59 Å². The summed E-state index contributed by atoms with van der Waals surface area (Å²) in [5.74, 6) is -1.27. The van der Waals surface area contributed by atoms with E-state index in [4.69, 9.17) is 9.52 Å². The van der Waals surface area contributed by atoms with Crippen LogP contribution in [0.4, 0.5) is 0 Å². The third-order valence-electron chi connectivity index (χ3n) is 2.63. The minimum Gasteiger partial charge on any atom is -0.475 e. The molecule has 0 radical (unpaired) electrons. The van der Waals surface area contributed by atoms with E-state index in [1.807, 2.05) is 19.9 Å². The van der Waals surface area contributed by atoms with Crippen LogP contribution in [0.25, 0.3) is 11.0 Å². The Bertz CT molecular complexity index is 637. The molecule has 0 aliphatic heterocycles. The van der Waals surface area contributed by atoms with E-state index < -0.39 is 5.97 Å². The number of aromatic carboxylic acids is 1. The van der Waals surface area contributed by atoms with Crippen molar-refractivity contribution >= 4 is 16.9 Å². The fourth-order valence-electron chi connectivity index (χ4n) is 1.64. The molecule has 88 valence electrons. The topological polar surface area (TPSA) is 67.5 Å². The molecule has 0 aliphatic rings. The number of hydrogen-bond donors (Lipinski definition) is 1. The lowest BCUT2D eigenvalue weighted by Crippen LogP contribution is -2.06. The number of carboxylic acid groups (broad SMARTS) is 1. The summed E-state index contributed by atoms with van der Waals surface area (Å²) in [6.45, 7) is 4.04. The molecular formula is C13H12O4. The maximum absolute atomic E-state index is 11.8. The van der Waals surface area contributed by atoms with Crippen LogP contribution in [0.5, 0.6) is 0 Å². The summed E-state index contributed by atoms with van der Waals surface area (Å²) >= 11 is 0. The van der Waals surface area contributed by atoms with E-state index in [0.29, 0.717) is 16.9 Å². The zero-order chi connectivity index (χ0) is 12.6. The van der Waals surface area contributed by atoms with Crippen LogP contribution < -0.4 is 5.43 Å². The average Bonchev–Trinajstić information content (AvgIpc) is 2.28. The molecular weight excluding hydrogens is 220 g/mol. The monoisotopic (exact) mass is 232 g/mol. The first kappa shape index (κ1) is 11.4. The molecule has 0 bridgehead atoms. The SMILES string of the molecule is CC(C)c1ccc2oc(C(=O)O)cc(=O)c2c1. The second-order valence-corrected chi connectivity index (χ2v) is 4.19. The smallest absolute Gasteiger partial charge is 0.371 e. The molecule has 0 fully saturated rings. The van der Waals surface area contributed by atoms with Gasteiger partial charge in [-0.15, -0.1) is 0 Å². The Labute approximate surface area is 97.5 Å². The van der Waals surface area contributed by atoms with Crippen LogP contribution in [0.3, 0.4) is 0 Å². The third-order valence-corrected chi connectivity index (χ3v) is 2.63. The van der Waals surface area contributed by atoms with Crippen molar-refractivity contribution in [2.24, 2.45) is 0 Å². The standard InChI is InChI=1S/C13H12O4/c1-7(2)8-3-4-11-9(5-8)10(14)6-12(17-11)13(15)16/h3-7H,1-2H3,(H,15,16). The molecule has 0 saturated heterocycles. The van der Waals surface area contributed by atoms with E-state index in [0.717, 1.165) is 11.6 Å². The minimum atomic E-state index is -1.24. The summed E-state index contributed by atoms with van der Waals surface area (Å²) in [5, 5.41) is 9.20. The number of benzene rings is 1. The zero-order valence-electron chi connectivity index (χ0n) is 9.56. The van der Waals surface area contributed by atoms with Gasteiger partial charge in [-0.2, -0.15) is 0 Å². The summed E-state index contributed by atoms with van der Waals surface area (Å²) < 4.78 is 5.14. The van der Waals surface area contributed by atoms with Gasteiger partial charge in [-0.25, -0.2) is 4.79 Å². The first-order valence-corrected chi connectivity index (χ1v) is 5.30. The van der Waals surface area contributed by atoms with Crippen LogP contribution in [0.2, 0.25) is 0 Å². The second-order valence-electron chi connectivity index (χ2n) is 4.19. The quantitative estimate of drug-likeness (QED) is 0.864. The Morgan fingerprint density at radius 2 is 2.00 bits per heavy atom. The Kier molecular flexibility index (Phi) is 2.71. The lowest BCUT2D eigenvalue weighted by Gasteiger charge is -2.06. The van der Waals surface area contributed by atoms with Gasteiger partial charge in [0.05, 0.1) is 5.39 Å². The Balaban J connectivity index is 2.73. The normalized spacial score (nSPS) is 11.0. The summed E-state index contributed by atoms with van der Waals surface area (Å²) in [7, 11) is 0. The second kappa shape index (κ2) is 4.05. The highest BCUT2D eigenvalue weighted by atomic mass is 16.4. The molecule has 0 amide bonds. The van der Waals surface area contributed by atoms with Crippen molar-refractivity contribution < 1.29 is 14.3 Å². The van der Waals surface area contributed by atoms with Gasteiger partial charge < -0.3 is 9.52 Å². The third kappa shape index (κ3) is 2.06. The summed E-state index contributed by atoms with van der Waals surface area (Å²) in [6, 6.07) is 6.23. The molecule has 1 N–H and O–H groups in total. The van der Waals surface area contributed by atoms with E-state index in [2.05, 4.69) is 0 Å². The summed E-state index contributed by atoms with van der Waals surface area (Å²) in [6.07, 6.45) is 0. The molecule has 0 atom stereocenters. The maximum Gasteiger partial charge on any atom is 0.371 e. The number of fused-ring (bicyclic) bond motifs is 1. The van der Waals surface area contributed by atoms with E-state index >= 15 is 0 Å². The predicted molar refractivity (Wildman–Crippen MR) is 63.5 cm³/mol. The van der Waals surface area contributed by atoms with Crippen molar-refractivity contribution in [2.75, 3.05) is 0 Å². The van der Waals surface area contributed by atoms with Crippen LogP contribution in [0.1, 0.15) is 35.9 Å². The van der Waals surface area contributed by atoms with Crippen molar-refractivity contribution in [3.05, 3.63) is 45.8 Å². The predicted octanol–water partition coefficient (Wildman–Crippen LogP) is 2.61. The van der Waals surface area contributed by atoms with Crippen LogP contribution in [-0.4, -0.2) is 11.1 Å². The number of hydrogen-bond acceptors (Lipinski definition) is 3. The van der Waals surface area contributed by atoms with Crippen molar-refractivity contribution in [3.8, 4) is 0 Å². The number of carbonyl (C=O) groups is 1. The van der Waals surface area contributed by atoms with Crippen molar-refractivity contribution in [1.82, 2.24) is 0 Å². The molecule has 0 spiro atoms. The van der Waals surface area contributed by atoms with E-state index in [-0.39, 0.29) is 11.2 Å². The van der Waals surface area contributed by atoms with Gasteiger partial charge >= 0.3 is 5.97 Å². The molecule has 2 rings (SSSR count). The molecule has 0 aliphatic carbocycles. The molecule has 0 unspecified atom stereocenters. The van der Waals surface area contributed by atoms with Crippen LogP contribution in [0.15, 0.2) is 33.5 Å². The Morgan fingerprint density at radius 3 is 2.59 bits per heavy atom. The molecule has 4 nitrogen and oxygen atoms in total. The van der Waals surface area contributed by atoms with Crippen LogP contribution in [-0.2, 0) is 0 Å². The molecule has 1 aromatic heterocycles. The van der Waals surface area contributed by atoms with Gasteiger partial charge in [-0.3, -0.25) is 4.79 Å². The van der Waals surface area contributed by atoms with Gasteiger partial charge in [0.25, 0.3) is 0 Å². The van der Waals surface area contributed by atoms with Gasteiger partial charge in [0.2, 0.25) is 5.76 Å². The van der Waals surface area contributed by atoms with Crippen molar-refractivity contribution in [2.45, 2.75) is 19.8 Å². The number of rotatable bonds is 2. The molecule has 1 heterocycles. The van der Waals surface area contributed by atoms with Gasteiger partial charge in [0.15, 0.2) is 5.43 Å². The van der Waals surface area contributed by atoms with Gasteiger partial charge in [-0.1, -0.05) is 19.9 Å². The number of carboxylic acids is 1. The van der Waals surface area contributed by atoms with Crippen molar-refractivity contribution in [3.63, 3.8) is 0 Å². The molecule has 1 aromatic carbocycles. The zero-order valence-corrected chi connectivity index (χ0v) is 9.56. The Hall–Kier alpha value is -2.10. The van der Waals surface area contributed by atoms with Gasteiger partial charge in [0, 0.05) is 6.07 Å². The van der Waals surface area contributed by atoms with Gasteiger partial charge in [-0.05, 0) is 23.6 Å².